The van der Waals surface area contributed by atoms with Crippen molar-refractivity contribution in [1.29, 1.82) is 0 Å². The number of nitrogens with zero attached hydrogens (tertiary/aromatic N) is 2. The number of ether oxygens (including phenoxy) is 1. The number of hydrogen-bond donors (Lipinski definition) is 2. The van der Waals surface area contributed by atoms with Crippen LogP contribution in [0.2, 0.25) is 0 Å². The Kier molecular flexibility index (Phi) is 2.45. The lowest BCUT2D eigenvalue weighted by molar-refractivity contribution is 0.413. The molecule has 96 valence electrons. The first kappa shape index (κ1) is 11.3. The molecule has 3 aromatic rings. The summed E-state index contributed by atoms with van der Waals surface area (Å²) in [5, 5.41) is 0. The molecule has 0 amide bonds. The molecule has 0 atom stereocenters. The molecular formula is C12H10N4O3. The Morgan fingerprint density at radius 2 is 1.84 bits per heavy atom. The Morgan fingerprint density at radius 3 is 2.42 bits per heavy atom. The molecule has 3 rings (SSSR count). The number of imidazole rings is 1. The number of aromatic nitrogens is 4. The van der Waals surface area contributed by atoms with Crippen LogP contribution in [0.25, 0.3) is 16.7 Å². The summed E-state index contributed by atoms with van der Waals surface area (Å²) in [6, 6.07) is 3.37. The largest absolute Gasteiger partial charge is 0.494 e. The number of H-pyrrole nitrogens is 2. The fraction of sp³-hybridized carbons (Fsp3) is 0.0833. The minimum absolute atomic E-state index is 0.505. The van der Waals surface area contributed by atoms with Crippen LogP contribution >= 0.6 is 0 Å². The molecular weight excluding hydrogens is 248 g/mol. The zero-order valence-electron chi connectivity index (χ0n) is 10.0. The van der Waals surface area contributed by atoms with Crippen molar-refractivity contribution in [1.82, 2.24) is 19.5 Å². The van der Waals surface area contributed by atoms with Gasteiger partial charge in [0.1, 0.15) is 5.75 Å². The van der Waals surface area contributed by atoms with Crippen LogP contribution in [0.4, 0.5) is 0 Å². The molecule has 2 heterocycles. The molecule has 0 aliphatic heterocycles. The van der Waals surface area contributed by atoms with Crippen LogP contribution in [0.3, 0.4) is 0 Å². The van der Waals surface area contributed by atoms with Gasteiger partial charge in [0, 0.05) is 18.5 Å². The van der Waals surface area contributed by atoms with E-state index in [1.54, 1.807) is 35.4 Å². The highest BCUT2D eigenvalue weighted by molar-refractivity contribution is 5.79. The smallest absolute Gasteiger partial charge is 0.314 e. The summed E-state index contributed by atoms with van der Waals surface area (Å²) >= 11 is 0. The summed E-state index contributed by atoms with van der Waals surface area (Å²) < 4.78 is 7.04. The van der Waals surface area contributed by atoms with Gasteiger partial charge in [0.25, 0.3) is 0 Å². The predicted octanol–water partition coefficient (Wildman–Crippen LogP) is 0.411. The van der Waals surface area contributed by atoms with Crippen molar-refractivity contribution in [3.05, 3.63) is 51.6 Å². The highest BCUT2D eigenvalue weighted by Crippen LogP contribution is 2.26. The molecule has 0 spiro atoms. The van der Waals surface area contributed by atoms with E-state index in [1.165, 1.54) is 7.11 Å². The molecule has 0 radical (unpaired) electrons. The van der Waals surface area contributed by atoms with Crippen molar-refractivity contribution in [2.45, 2.75) is 0 Å². The molecule has 0 aliphatic carbocycles. The van der Waals surface area contributed by atoms with Crippen LogP contribution in [0.1, 0.15) is 0 Å². The van der Waals surface area contributed by atoms with Crippen LogP contribution in [0.15, 0.2) is 40.4 Å². The molecule has 2 N–H and O–H groups in total. The lowest BCUT2D eigenvalue weighted by Crippen LogP contribution is -2.28. The second kappa shape index (κ2) is 4.13. The van der Waals surface area contributed by atoms with E-state index in [2.05, 4.69) is 15.0 Å². The summed E-state index contributed by atoms with van der Waals surface area (Å²) in [6.07, 6.45) is 5.01. The number of rotatable bonds is 2. The summed E-state index contributed by atoms with van der Waals surface area (Å²) in [5.41, 5.74) is 0.369. The lowest BCUT2D eigenvalue weighted by atomic mass is 10.2. The van der Waals surface area contributed by atoms with Gasteiger partial charge < -0.3 is 19.3 Å². The molecule has 0 saturated heterocycles. The number of nitrogens with one attached hydrogen (secondary N) is 2. The number of aromatic amines is 2. The molecule has 0 bridgehead atoms. The molecule has 0 unspecified atom stereocenters. The number of benzene rings is 1. The normalized spacial score (nSPS) is 10.8. The van der Waals surface area contributed by atoms with E-state index in [9.17, 15) is 9.59 Å². The average Bonchev–Trinajstić information content (AvgIpc) is 2.92. The van der Waals surface area contributed by atoms with E-state index in [4.69, 9.17) is 4.74 Å². The van der Waals surface area contributed by atoms with Gasteiger partial charge in [0.15, 0.2) is 0 Å². The molecule has 19 heavy (non-hydrogen) atoms. The minimum Gasteiger partial charge on any atom is -0.494 e. The lowest BCUT2D eigenvalue weighted by Gasteiger charge is -2.10. The molecule has 1 aromatic carbocycles. The van der Waals surface area contributed by atoms with Crippen molar-refractivity contribution in [2.75, 3.05) is 7.11 Å². The summed E-state index contributed by atoms with van der Waals surface area (Å²) in [5.74, 6) is 0.563. The zero-order chi connectivity index (χ0) is 13.4. The van der Waals surface area contributed by atoms with Gasteiger partial charge in [0.2, 0.25) is 0 Å². The zero-order valence-corrected chi connectivity index (χ0v) is 10.0. The van der Waals surface area contributed by atoms with Crippen LogP contribution in [-0.2, 0) is 0 Å². The fourth-order valence-electron chi connectivity index (χ4n) is 1.90. The van der Waals surface area contributed by atoms with Gasteiger partial charge in [-0.1, -0.05) is 0 Å². The maximum atomic E-state index is 11.3. The van der Waals surface area contributed by atoms with E-state index in [0.717, 1.165) is 5.69 Å². The van der Waals surface area contributed by atoms with Gasteiger partial charge in [-0.25, -0.2) is 4.98 Å². The SMILES string of the molecule is COc1cc2[nH]c(=O)c(=O)[nH]c2cc1-n1ccnc1. The van der Waals surface area contributed by atoms with Gasteiger partial charge in [-0.3, -0.25) is 9.59 Å². The summed E-state index contributed by atoms with van der Waals surface area (Å²) in [4.78, 5) is 31.6. The van der Waals surface area contributed by atoms with Crippen molar-refractivity contribution >= 4 is 11.0 Å². The molecule has 0 aliphatic rings. The van der Waals surface area contributed by atoms with Crippen LogP contribution < -0.4 is 15.9 Å². The second-order valence-corrected chi connectivity index (χ2v) is 3.95. The third-order valence-corrected chi connectivity index (χ3v) is 2.80. The maximum Gasteiger partial charge on any atom is 0.314 e. The van der Waals surface area contributed by atoms with Crippen LogP contribution in [0, 0.1) is 0 Å². The van der Waals surface area contributed by atoms with Crippen molar-refractivity contribution < 1.29 is 4.74 Å². The highest BCUT2D eigenvalue weighted by atomic mass is 16.5. The second-order valence-electron chi connectivity index (χ2n) is 3.95. The third-order valence-electron chi connectivity index (χ3n) is 2.80. The average molecular weight is 258 g/mol. The van der Waals surface area contributed by atoms with E-state index in [1.807, 2.05) is 0 Å². The monoisotopic (exact) mass is 258 g/mol. The Bertz CT molecular complexity index is 846. The maximum absolute atomic E-state index is 11.3. The number of hydrogen-bond acceptors (Lipinski definition) is 4. The highest BCUT2D eigenvalue weighted by Gasteiger charge is 2.09. The first-order valence-corrected chi connectivity index (χ1v) is 5.52. The molecule has 7 nitrogen and oxygen atoms in total. The number of methoxy groups -OCH3 is 1. The molecule has 2 aromatic heterocycles. The summed E-state index contributed by atoms with van der Waals surface area (Å²) in [7, 11) is 1.53. The Labute approximate surface area is 106 Å². The van der Waals surface area contributed by atoms with Gasteiger partial charge >= 0.3 is 11.1 Å². The topological polar surface area (TPSA) is 92.8 Å². The quantitative estimate of drug-likeness (QED) is 0.651. The third kappa shape index (κ3) is 1.81. The van der Waals surface area contributed by atoms with E-state index in [-0.39, 0.29) is 0 Å². The van der Waals surface area contributed by atoms with Crippen LogP contribution in [0.5, 0.6) is 5.75 Å². The van der Waals surface area contributed by atoms with Crippen LogP contribution in [-0.4, -0.2) is 26.6 Å². The Hall–Kier alpha value is -2.83. The Balaban J connectivity index is 2.36. The number of fused-ring (bicyclic) bond motifs is 1. The molecule has 0 fully saturated rings. The first-order chi connectivity index (χ1) is 9.19. The van der Waals surface area contributed by atoms with Gasteiger partial charge in [0.05, 0.1) is 30.2 Å². The minimum atomic E-state index is -0.690. The van der Waals surface area contributed by atoms with E-state index < -0.39 is 11.1 Å². The predicted molar refractivity (Wildman–Crippen MR) is 68.9 cm³/mol. The van der Waals surface area contributed by atoms with Crippen molar-refractivity contribution in [3.8, 4) is 11.4 Å². The fourth-order valence-corrected chi connectivity index (χ4v) is 1.90. The Morgan fingerprint density at radius 1 is 1.16 bits per heavy atom. The van der Waals surface area contributed by atoms with Gasteiger partial charge in [-0.05, 0) is 6.07 Å². The van der Waals surface area contributed by atoms with E-state index in [0.29, 0.717) is 16.8 Å². The van der Waals surface area contributed by atoms with Gasteiger partial charge in [-0.15, -0.1) is 0 Å². The standard InChI is InChI=1S/C12H10N4O3/c1-19-10-5-8-7(14-11(17)12(18)15-8)4-9(10)16-3-2-13-6-16/h2-6H,1H3,(H,14,17)(H,15,18). The summed E-state index contributed by atoms with van der Waals surface area (Å²) in [6.45, 7) is 0. The molecule has 7 heteroatoms. The first-order valence-electron chi connectivity index (χ1n) is 5.52. The van der Waals surface area contributed by atoms with E-state index >= 15 is 0 Å². The van der Waals surface area contributed by atoms with Crippen molar-refractivity contribution in [3.63, 3.8) is 0 Å². The van der Waals surface area contributed by atoms with Crippen molar-refractivity contribution in [2.24, 2.45) is 0 Å². The molecule has 0 saturated carbocycles. The van der Waals surface area contributed by atoms with Gasteiger partial charge in [-0.2, -0.15) is 0 Å².